The van der Waals surface area contributed by atoms with Crippen molar-refractivity contribution in [3.63, 3.8) is 0 Å². The summed E-state index contributed by atoms with van der Waals surface area (Å²) in [6.45, 7) is 4.30. The smallest absolute Gasteiger partial charge is 0.106 e. The maximum Gasteiger partial charge on any atom is 0.106 e. The molecule has 1 saturated carbocycles. The quantitative estimate of drug-likeness (QED) is 0.685. The molecule has 1 aromatic carbocycles. The molecular weight excluding hydrogens is 276 g/mol. The van der Waals surface area contributed by atoms with Crippen LogP contribution in [0.1, 0.15) is 50.2 Å². The Kier molecular flexibility index (Phi) is 6.14. The largest absolute Gasteiger partial charge is 0.297 e. The van der Waals surface area contributed by atoms with E-state index >= 15 is 0 Å². The summed E-state index contributed by atoms with van der Waals surface area (Å²) in [5, 5.41) is 13.1. The molecule has 1 aliphatic carbocycles. The van der Waals surface area contributed by atoms with Gasteiger partial charge in [-0.2, -0.15) is 17.0 Å². The van der Waals surface area contributed by atoms with Crippen LogP contribution in [0.15, 0.2) is 24.3 Å². The van der Waals surface area contributed by atoms with Gasteiger partial charge >= 0.3 is 0 Å². The SMILES string of the molecule is CCC(C#N)(CCCSCc1ccccc1C)NC1CC1. The summed E-state index contributed by atoms with van der Waals surface area (Å²) >= 11 is 1.98. The maximum atomic E-state index is 9.50. The summed E-state index contributed by atoms with van der Waals surface area (Å²) in [5.41, 5.74) is 2.52. The Bertz CT molecular complexity index is 490. The van der Waals surface area contributed by atoms with Gasteiger partial charge in [0, 0.05) is 11.8 Å². The molecule has 0 heterocycles. The fraction of sp³-hybridized carbons (Fsp3) is 0.611. The zero-order valence-corrected chi connectivity index (χ0v) is 14.0. The normalized spacial score (nSPS) is 17.2. The molecule has 0 aromatic heterocycles. The third kappa shape index (κ3) is 5.05. The van der Waals surface area contributed by atoms with Crippen molar-refractivity contribution < 1.29 is 0 Å². The molecular formula is C18H26N2S. The minimum Gasteiger partial charge on any atom is -0.297 e. The molecule has 1 atom stereocenters. The Hall–Kier alpha value is -0.980. The number of benzene rings is 1. The van der Waals surface area contributed by atoms with Crippen LogP contribution in [-0.4, -0.2) is 17.3 Å². The van der Waals surface area contributed by atoms with Crippen molar-refractivity contribution in [3.05, 3.63) is 35.4 Å². The highest BCUT2D eigenvalue weighted by Crippen LogP contribution is 2.27. The monoisotopic (exact) mass is 302 g/mol. The van der Waals surface area contributed by atoms with Gasteiger partial charge in [-0.25, -0.2) is 0 Å². The number of hydrogen-bond donors (Lipinski definition) is 1. The summed E-state index contributed by atoms with van der Waals surface area (Å²) in [6.07, 6.45) is 5.47. The average Bonchev–Trinajstić information content (AvgIpc) is 3.31. The van der Waals surface area contributed by atoms with E-state index in [-0.39, 0.29) is 5.54 Å². The lowest BCUT2D eigenvalue weighted by Crippen LogP contribution is -2.44. The van der Waals surface area contributed by atoms with E-state index in [2.05, 4.69) is 49.5 Å². The van der Waals surface area contributed by atoms with E-state index in [1.165, 1.54) is 24.0 Å². The van der Waals surface area contributed by atoms with Crippen molar-refractivity contribution in [2.45, 2.75) is 63.3 Å². The van der Waals surface area contributed by atoms with Crippen molar-refractivity contribution in [1.82, 2.24) is 5.32 Å². The molecule has 0 radical (unpaired) electrons. The van der Waals surface area contributed by atoms with Crippen LogP contribution in [0.3, 0.4) is 0 Å². The second kappa shape index (κ2) is 7.87. The summed E-state index contributed by atoms with van der Waals surface area (Å²) < 4.78 is 0. The number of thioether (sulfide) groups is 1. The molecule has 3 heteroatoms. The molecule has 0 aliphatic heterocycles. The van der Waals surface area contributed by atoms with Crippen molar-refractivity contribution in [3.8, 4) is 6.07 Å². The zero-order valence-electron chi connectivity index (χ0n) is 13.2. The van der Waals surface area contributed by atoms with E-state index in [0.29, 0.717) is 6.04 Å². The van der Waals surface area contributed by atoms with Gasteiger partial charge in [-0.15, -0.1) is 0 Å². The number of aryl methyl sites for hydroxylation is 1. The number of nitrogens with zero attached hydrogens (tertiary/aromatic N) is 1. The Morgan fingerprint density at radius 2 is 2.14 bits per heavy atom. The predicted molar refractivity (Wildman–Crippen MR) is 91.4 cm³/mol. The second-order valence-corrected chi connectivity index (χ2v) is 7.15. The van der Waals surface area contributed by atoms with E-state index in [9.17, 15) is 5.26 Å². The Balaban J connectivity index is 1.70. The van der Waals surface area contributed by atoms with Gasteiger partial charge < -0.3 is 0 Å². The molecule has 2 rings (SSSR count). The van der Waals surface area contributed by atoms with Crippen LogP contribution in [-0.2, 0) is 5.75 Å². The third-order valence-corrected chi connectivity index (χ3v) is 5.38. The van der Waals surface area contributed by atoms with Crippen LogP contribution in [0.5, 0.6) is 0 Å². The first-order chi connectivity index (χ1) is 10.2. The number of hydrogen-bond acceptors (Lipinski definition) is 3. The summed E-state index contributed by atoms with van der Waals surface area (Å²) in [5.74, 6) is 2.21. The number of nitriles is 1. The lowest BCUT2D eigenvalue weighted by molar-refractivity contribution is 0.367. The van der Waals surface area contributed by atoms with Gasteiger partial charge in [-0.1, -0.05) is 31.2 Å². The Morgan fingerprint density at radius 1 is 1.38 bits per heavy atom. The van der Waals surface area contributed by atoms with Crippen LogP contribution < -0.4 is 5.32 Å². The van der Waals surface area contributed by atoms with Gasteiger partial charge in [0.05, 0.1) is 6.07 Å². The second-order valence-electron chi connectivity index (χ2n) is 6.05. The zero-order chi connectivity index (χ0) is 15.1. The van der Waals surface area contributed by atoms with Crippen LogP contribution in [0.25, 0.3) is 0 Å². The molecule has 1 unspecified atom stereocenters. The summed E-state index contributed by atoms with van der Waals surface area (Å²) in [6, 6.07) is 11.7. The van der Waals surface area contributed by atoms with E-state index in [0.717, 1.165) is 30.8 Å². The van der Waals surface area contributed by atoms with Crippen molar-refractivity contribution in [1.29, 1.82) is 5.26 Å². The van der Waals surface area contributed by atoms with Crippen molar-refractivity contribution >= 4 is 11.8 Å². The van der Waals surface area contributed by atoms with Gasteiger partial charge in [0.2, 0.25) is 0 Å². The van der Waals surface area contributed by atoms with E-state index in [1.54, 1.807) is 0 Å². The molecule has 1 fully saturated rings. The molecule has 1 aliphatic rings. The average molecular weight is 302 g/mol. The molecule has 1 N–H and O–H groups in total. The maximum absolute atomic E-state index is 9.50. The molecule has 21 heavy (non-hydrogen) atoms. The highest BCUT2D eigenvalue weighted by molar-refractivity contribution is 7.98. The first-order valence-corrected chi connectivity index (χ1v) is 9.16. The number of nitrogens with one attached hydrogen (secondary N) is 1. The minimum atomic E-state index is -0.287. The fourth-order valence-corrected chi connectivity index (χ4v) is 3.60. The first-order valence-electron chi connectivity index (χ1n) is 8.00. The highest BCUT2D eigenvalue weighted by Gasteiger charge is 2.34. The number of rotatable bonds is 9. The van der Waals surface area contributed by atoms with Crippen LogP contribution in [0, 0.1) is 18.3 Å². The van der Waals surface area contributed by atoms with Gasteiger partial charge in [0.1, 0.15) is 5.54 Å². The molecule has 1 aromatic rings. The standard InChI is InChI=1S/C18H26N2S/c1-3-18(14-19,20-17-9-10-17)11-6-12-21-13-16-8-5-4-7-15(16)2/h4-5,7-8,17,20H,3,6,9-13H2,1-2H3. The lowest BCUT2D eigenvalue weighted by atomic mass is 9.92. The Morgan fingerprint density at radius 3 is 2.76 bits per heavy atom. The van der Waals surface area contributed by atoms with Gasteiger partial charge in [0.15, 0.2) is 0 Å². The molecule has 2 nitrogen and oxygen atoms in total. The minimum absolute atomic E-state index is 0.287. The Labute approximate surface area is 133 Å². The van der Waals surface area contributed by atoms with Gasteiger partial charge in [0.25, 0.3) is 0 Å². The fourth-order valence-electron chi connectivity index (χ4n) is 2.57. The summed E-state index contributed by atoms with van der Waals surface area (Å²) in [4.78, 5) is 0. The molecule has 114 valence electrons. The topological polar surface area (TPSA) is 35.8 Å². The van der Waals surface area contributed by atoms with Gasteiger partial charge in [-0.3, -0.25) is 5.32 Å². The van der Waals surface area contributed by atoms with Crippen molar-refractivity contribution in [2.24, 2.45) is 0 Å². The summed E-state index contributed by atoms with van der Waals surface area (Å²) in [7, 11) is 0. The molecule has 0 amide bonds. The van der Waals surface area contributed by atoms with Crippen LogP contribution in [0.4, 0.5) is 0 Å². The van der Waals surface area contributed by atoms with Crippen LogP contribution >= 0.6 is 11.8 Å². The third-order valence-electron chi connectivity index (χ3n) is 4.29. The predicted octanol–water partition coefficient (Wildman–Crippen LogP) is 4.43. The van der Waals surface area contributed by atoms with E-state index in [4.69, 9.17) is 0 Å². The lowest BCUT2D eigenvalue weighted by Gasteiger charge is -2.26. The molecule has 0 bridgehead atoms. The first kappa shape index (κ1) is 16.4. The molecule has 0 saturated heterocycles. The van der Waals surface area contributed by atoms with E-state index in [1.807, 2.05) is 11.8 Å². The van der Waals surface area contributed by atoms with Crippen molar-refractivity contribution in [2.75, 3.05) is 5.75 Å². The molecule has 0 spiro atoms. The van der Waals surface area contributed by atoms with Gasteiger partial charge in [-0.05, 0) is 55.9 Å². The van der Waals surface area contributed by atoms with Crippen LogP contribution in [0.2, 0.25) is 0 Å². The van der Waals surface area contributed by atoms with E-state index < -0.39 is 0 Å². The highest BCUT2D eigenvalue weighted by atomic mass is 32.2.